The van der Waals surface area contributed by atoms with Gasteiger partial charge in [-0.3, -0.25) is 5.41 Å². The molecule has 0 aromatic heterocycles. The molecule has 2 rings (SSSR count). The Balaban J connectivity index is 0.00000128. The monoisotopic (exact) mass is 238 g/mol. The number of hydrazone groups is 1. The molecule has 1 aliphatic carbocycles. The van der Waals surface area contributed by atoms with Gasteiger partial charge in [0.15, 0.2) is 0 Å². The van der Waals surface area contributed by atoms with Gasteiger partial charge in [0.25, 0.3) is 0 Å². The Morgan fingerprint density at radius 2 is 2.19 bits per heavy atom. The van der Waals surface area contributed by atoms with Crippen LogP contribution in [0.15, 0.2) is 23.3 Å². The molecule has 0 aliphatic heterocycles. The standard InChI is InChI=1S/C11H14N4.ClH/c1-7-3-2-4-8-5-6-9(10(7)8)14-15-11(12)13;/h2-4H,5-6H2,1H3,(H4,12,13,15);1H. The van der Waals surface area contributed by atoms with E-state index in [1.54, 1.807) is 0 Å². The molecule has 86 valence electrons. The maximum atomic E-state index is 7.06. The van der Waals surface area contributed by atoms with Crippen LogP contribution < -0.4 is 11.2 Å². The van der Waals surface area contributed by atoms with Gasteiger partial charge in [0, 0.05) is 5.56 Å². The molecular formula is C11H15ClN4. The summed E-state index contributed by atoms with van der Waals surface area (Å²) in [5.74, 6) is -0.121. The third-order valence-corrected chi connectivity index (χ3v) is 2.59. The quantitative estimate of drug-likeness (QED) is 0.395. The van der Waals surface area contributed by atoms with Crippen LogP contribution in [0.2, 0.25) is 0 Å². The second-order valence-electron chi connectivity index (χ2n) is 3.69. The molecule has 0 heterocycles. The van der Waals surface area contributed by atoms with E-state index in [1.807, 2.05) is 0 Å². The third kappa shape index (κ3) is 2.33. The van der Waals surface area contributed by atoms with Gasteiger partial charge in [-0.2, -0.15) is 5.10 Å². The Morgan fingerprint density at radius 3 is 2.88 bits per heavy atom. The summed E-state index contributed by atoms with van der Waals surface area (Å²) < 4.78 is 0. The lowest BCUT2D eigenvalue weighted by molar-refractivity contribution is 0.976. The lowest BCUT2D eigenvalue weighted by atomic mass is 10.0. The molecule has 1 aromatic carbocycles. The summed E-state index contributed by atoms with van der Waals surface area (Å²) in [5.41, 5.74) is 12.5. The number of nitrogens with zero attached hydrogens (tertiary/aromatic N) is 1. The van der Waals surface area contributed by atoms with Crippen LogP contribution in [-0.4, -0.2) is 11.7 Å². The highest BCUT2D eigenvalue weighted by atomic mass is 35.5. The van der Waals surface area contributed by atoms with Gasteiger partial charge in [-0.05, 0) is 30.9 Å². The molecule has 4 nitrogen and oxygen atoms in total. The Labute approximate surface area is 101 Å². The SMILES string of the molecule is Cc1cccc2c1C(=NNC(=N)N)CC2.Cl. The van der Waals surface area contributed by atoms with Crippen molar-refractivity contribution in [2.24, 2.45) is 10.8 Å². The fourth-order valence-electron chi connectivity index (χ4n) is 1.97. The predicted octanol–water partition coefficient (Wildman–Crippen LogP) is 1.55. The zero-order chi connectivity index (χ0) is 10.8. The lowest BCUT2D eigenvalue weighted by Crippen LogP contribution is -2.26. The molecule has 0 saturated carbocycles. The number of nitrogens with two attached hydrogens (primary N) is 1. The summed E-state index contributed by atoms with van der Waals surface area (Å²) in [4.78, 5) is 0. The second kappa shape index (κ2) is 4.99. The van der Waals surface area contributed by atoms with Gasteiger partial charge >= 0.3 is 0 Å². The van der Waals surface area contributed by atoms with E-state index >= 15 is 0 Å². The molecule has 5 heteroatoms. The highest BCUT2D eigenvalue weighted by molar-refractivity contribution is 6.06. The van der Waals surface area contributed by atoms with Gasteiger partial charge in [-0.1, -0.05) is 18.2 Å². The van der Waals surface area contributed by atoms with E-state index in [2.05, 4.69) is 35.7 Å². The van der Waals surface area contributed by atoms with E-state index in [4.69, 9.17) is 11.1 Å². The Bertz CT molecular complexity index is 440. The van der Waals surface area contributed by atoms with Crippen LogP contribution in [-0.2, 0) is 6.42 Å². The fourth-order valence-corrected chi connectivity index (χ4v) is 1.97. The molecule has 16 heavy (non-hydrogen) atoms. The van der Waals surface area contributed by atoms with Gasteiger partial charge < -0.3 is 5.73 Å². The van der Waals surface area contributed by atoms with Crippen LogP contribution in [0.5, 0.6) is 0 Å². The van der Waals surface area contributed by atoms with Crippen molar-refractivity contribution >= 4 is 24.1 Å². The van der Waals surface area contributed by atoms with Crippen molar-refractivity contribution in [2.45, 2.75) is 19.8 Å². The Kier molecular flexibility index (Phi) is 3.90. The minimum absolute atomic E-state index is 0. The molecule has 1 aliphatic rings. The molecule has 0 amide bonds. The minimum atomic E-state index is -0.121. The molecule has 0 atom stereocenters. The topological polar surface area (TPSA) is 74.3 Å². The number of guanidine groups is 1. The van der Waals surface area contributed by atoms with E-state index in [-0.39, 0.29) is 18.4 Å². The first-order valence-electron chi connectivity index (χ1n) is 4.94. The summed E-state index contributed by atoms with van der Waals surface area (Å²) in [6.07, 6.45) is 1.94. The number of hydrogen-bond acceptors (Lipinski definition) is 2. The normalized spacial score (nSPS) is 15.4. The van der Waals surface area contributed by atoms with Crippen molar-refractivity contribution in [2.75, 3.05) is 0 Å². The summed E-state index contributed by atoms with van der Waals surface area (Å²) in [6.45, 7) is 2.08. The molecule has 0 fully saturated rings. The number of hydrogen-bond donors (Lipinski definition) is 3. The van der Waals surface area contributed by atoms with Crippen LogP contribution in [0.3, 0.4) is 0 Å². The van der Waals surface area contributed by atoms with E-state index < -0.39 is 0 Å². The summed E-state index contributed by atoms with van der Waals surface area (Å²) in [6, 6.07) is 6.27. The molecule has 0 saturated heterocycles. The van der Waals surface area contributed by atoms with Crippen molar-refractivity contribution in [3.63, 3.8) is 0 Å². The highest BCUT2D eigenvalue weighted by Crippen LogP contribution is 2.25. The number of nitrogens with one attached hydrogen (secondary N) is 2. The van der Waals surface area contributed by atoms with Crippen molar-refractivity contribution < 1.29 is 0 Å². The number of rotatable bonds is 1. The number of aryl methyl sites for hydroxylation is 2. The van der Waals surface area contributed by atoms with E-state index in [1.165, 1.54) is 16.7 Å². The van der Waals surface area contributed by atoms with E-state index in [0.29, 0.717) is 0 Å². The lowest BCUT2D eigenvalue weighted by Gasteiger charge is -2.04. The number of benzene rings is 1. The van der Waals surface area contributed by atoms with Crippen molar-refractivity contribution in [1.29, 1.82) is 5.41 Å². The number of fused-ring (bicyclic) bond motifs is 1. The fraction of sp³-hybridized carbons (Fsp3) is 0.273. The largest absolute Gasteiger partial charge is 0.369 e. The first-order chi connectivity index (χ1) is 7.18. The average Bonchev–Trinajstić information content (AvgIpc) is 2.59. The first-order valence-corrected chi connectivity index (χ1v) is 4.94. The molecule has 4 N–H and O–H groups in total. The molecular weight excluding hydrogens is 224 g/mol. The minimum Gasteiger partial charge on any atom is -0.369 e. The molecule has 0 bridgehead atoms. The highest BCUT2D eigenvalue weighted by Gasteiger charge is 2.19. The number of halogens is 1. The van der Waals surface area contributed by atoms with Crippen LogP contribution >= 0.6 is 12.4 Å². The maximum Gasteiger partial charge on any atom is 0.206 e. The summed E-state index contributed by atoms with van der Waals surface area (Å²) in [7, 11) is 0. The summed E-state index contributed by atoms with van der Waals surface area (Å²) >= 11 is 0. The summed E-state index contributed by atoms with van der Waals surface area (Å²) in [5, 5.41) is 11.2. The van der Waals surface area contributed by atoms with Gasteiger partial charge in [0.05, 0.1) is 5.71 Å². The average molecular weight is 239 g/mol. The van der Waals surface area contributed by atoms with Crippen molar-refractivity contribution in [3.8, 4) is 0 Å². The van der Waals surface area contributed by atoms with Gasteiger partial charge in [-0.25, -0.2) is 5.43 Å². The smallest absolute Gasteiger partial charge is 0.206 e. The van der Waals surface area contributed by atoms with Crippen molar-refractivity contribution in [1.82, 2.24) is 5.43 Å². The van der Waals surface area contributed by atoms with Gasteiger partial charge in [0.2, 0.25) is 5.96 Å². The Morgan fingerprint density at radius 1 is 1.44 bits per heavy atom. The predicted molar refractivity (Wildman–Crippen MR) is 68.3 cm³/mol. The Hall–Kier alpha value is -1.55. The van der Waals surface area contributed by atoms with Crippen LogP contribution in [0.25, 0.3) is 0 Å². The molecule has 0 radical (unpaired) electrons. The van der Waals surface area contributed by atoms with E-state index in [0.717, 1.165) is 18.6 Å². The van der Waals surface area contributed by atoms with Crippen LogP contribution in [0.4, 0.5) is 0 Å². The van der Waals surface area contributed by atoms with Gasteiger partial charge in [0.1, 0.15) is 0 Å². The molecule has 1 aromatic rings. The maximum absolute atomic E-state index is 7.06. The van der Waals surface area contributed by atoms with Crippen LogP contribution in [0.1, 0.15) is 23.1 Å². The van der Waals surface area contributed by atoms with Gasteiger partial charge in [-0.15, -0.1) is 12.4 Å². The third-order valence-electron chi connectivity index (χ3n) is 2.59. The second-order valence-corrected chi connectivity index (χ2v) is 3.69. The van der Waals surface area contributed by atoms with Crippen LogP contribution in [0, 0.1) is 12.3 Å². The first kappa shape index (κ1) is 12.5. The van der Waals surface area contributed by atoms with E-state index in [9.17, 15) is 0 Å². The molecule has 0 unspecified atom stereocenters. The van der Waals surface area contributed by atoms with Crippen molar-refractivity contribution in [3.05, 3.63) is 34.9 Å². The molecule has 0 spiro atoms. The zero-order valence-electron chi connectivity index (χ0n) is 9.08. The zero-order valence-corrected chi connectivity index (χ0v) is 9.90.